The number of nitrogens with zero attached hydrogens (tertiary/aromatic N) is 3. The van der Waals surface area contributed by atoms with Crippen molar-refractivity contribution in [1.82, 2.24) is 9.21 Å². The van der Waals surface area contributed by atoms with Gasteiger partial charge in [0.15, 0.2) is 0 Å². The molecule has 1 aliphatic heterocycles. The number of aryl methyl sites for hydroxylation is 1. The Morgan fingerprint density at radius 2 is 1.48 bits per heavy atom. The van der Waals surface area contributed by atoms with Crippen LogP contribution in [0.25, 0.3) is 0 Å². The zero-order valence-electron chi connectivity index (χ0n) is 21.2. The Hall–Kier alpha value is -3.13. The van der Waals surface area contributed by atoms with E-state index in [9.17, 15) is 34.8 Å². The average Bonchev–Trinajstić information content (AvgIpc) is 2.92. The molecule has 8 nitrogen and oxygen atoms in total. The Labute approximate surface area is 235 Å². The van der Waals surface area contributed by atoms with Crippen LogP contribution in [0.3, 0.4) is 0 Å². The average molecular weight is 616 g/mol. The van der Waals surface area contributed by atoms with Crippen LogP contribution < -0.4 is 4.31 Å². The van der Waals surface area contributed by atoms with Crippen molar-refractivity contribution in [1.29, 1.82) is 0 Å². The Morgan fingerprint density at radius 1 is 0.875 bits per heavy atom. The third kappa shape index (κ3) is 6.27. The lowest BCUT2D eigenvalue weighted by molar-refractivity contribution is -0.137. The maximum absolute atomic E-state index is 13.6. The molecule has 3 aromatic rings. The van der Waals surface area contributed by atoms with E-state index in [-0.39, 0.29) is 36.0 Å². The molecular weight excluding hydrogens is 591 g/mol. The van der Waals surface area contributed by atoms with Crippen LogP contribution in [0, 0.1) is 6.92 Å². The van der Waals surface area contributed by atoms with Crippen LogP contribution >= 0.6 is 11.6 Å². The minimum absolute atomic E-state index is 0.0302. The number of piperazine rings is 1. The monoisotopic (exact) mass is 615 g/mol. The number of amides is 1. The molecule has 0 unspecified atom stereocenters. The van der Waals surface area contributed by atoms with Crippen LogP contribution in [0.1, 0.15) is 11.1 Å². The van der Waals surface area contributed by atoms with Crippen LogP contribution in [0.4, 0.5) is 18.9 Å². The van der Waals surface area contributed by atoms with E-state index in [1.54, 1.807) is 18.2 Å². The Bertz CT molecular complexity index is 1590. The largest absolute Gasteiger partial charge is 0.417 e. The molecule has 14 heteroatoms. The van der Waals surface area contributed by atoms with Crippen molar-refractivity contribution in [2.75, 3.05) is 37.0 Å². The van der Waals surface area contributed by atoms with E-state index in [4.69, 9.17) is 11.6 Å². The lowest BCUT2D eigenvalue weighted by Gasteiger charge is -2.35. The predicted molar refractivity (Wildman–Crippen MR) is 144 cm³/mol. The fraction of sp³-hybridized carbons (Fsp3) is 0.269. The molecule has 3 aromatic carbocycles. The number of carbonyl (C=O) groups is 1. The van der Waals surface area contributed by atoms with Crippen molar-refractivity contribution in [3.8, 4) is 0 Å². The Kier molecular flexibility index (Phi) is 8.50. The highest BCUT2D eigenvalue weighted by molar-refractivity contribution is 7.92. The molecule has 0 spiro atoms. The molecule has 0 bridgehead atoms. The van der Waals surface area contributed by atoms with Crippen LogP contribution in [0.2, 0.25) is 5.02 Å². The van der Waals surface area contributed by atoms with Crippen molar-refractivity contribution < 1.29 is 34.8 Å². The standard InChI is InChI=1S/C26H25ClF3N3O5S2/c1-19-7-10-22(11-8-19)39(35,36)32-15-13-31(14-16-32)25(34)18-33(40(37,38)21-5-3-2-4-6-21)20-9-12-24(27)23(17-20)26(28,29)30/h2-12,17H,13-16,18H2,1H3. The number of benzene rings is 3. The molecule has 1 saturated heterocycles. The van der Waals surface area contributed by atoms with E-state index in [0.29, 0.717) is 10.4 Å². The summed E-state index contributed by atoms with van der Waals surface area (Å²) >= 11 is 5.73. The van der Waals surface area contributed by atoms with Gasteiger partial charge < -0.3 is 4.90 Å². The Balaban J connectivity index is 1.59. The van der Waals surface area contributed by atoms with E-state index in [2.05, 4.69) is 0 Å². The van der Waals surface area contributed by atoms with Gasteiger partial charge in [-0.15, -0.1) is 0 Å². The summed E-state index contributed by atoms with van der Waals surface area (Å²) in [5, 5.41) is -0.620. The van der Waals surface area contributed by atoms with Gasteiger partial charge in [-0.2, -0.15) is 17.5 Å². The second-order valence-electron chi connectivity index (χ2n) is 9.08. The molecule has 0 N–H and O–H groups in total. The van der Waals surface area contributed by atoms with Gasteiger partial charge in [0.1, 0.15) is 6.54 Å². The molecule has 1 aliphatic rings. The second-order valence-corrected chi connectivity index (χ2v) is 13.3. The van der Waals surface area contributed by atoms with Gasteiger partial charge in [-0.05, 0) is 49.4 Å². The summed E-state index contributed by atoms with van der Waals surface area (Å²) in [6.45, 7) is 0.894. The van der Waals surface area contributed by atoms with Gasteiger partial charge in [0.05, 0.1) is 26.1 Å². The van der Waals surface area contributed by atoms with Crippen LogP contribution in [0.5, 0.6) is 0 Å². The first-order chi connectivity index (χ1) is 18.7. The van der Waals surface area contributed by atoms with E-state index in [1.165, 1.54) is 45.6 Å². The summed E-state index contributed by atoms with van der Waals surface area (Å²) in [5.74, 6) is -0.699. The summed E-state index contributed by atoms with van der Waals surface area (Å²) in [6.07, 6.45) is -4.86. The molecule has 40 heavy (non-hydrogen) atoms. The first kappa shape index (κ1) is 29.8. The third-order valence-electron chi connectivity index (χ3n) is 6.40. The lowest BCUT2D eigenvalue weighted by Crippen LogP contribution is -2.53. The molecule has 0 atom stereocenters. The molecule has 0 aromatic heterocycles. The van der Waals surface area contributed by atoms with Crippen molar-refractivity contribution in [2.24, 2.45) is 0 Å². The second kappa shape index (κ2) is 11.4. The van der Waals surface area contributed by atoms with Gasteiger partial charge in [-0.1, -0.05) is 47.5 Å². The first-order valence-corrected chi connectivity index (χ1v) is 15.3. The van der Waals surface area contributed by atoms with Gasteiger partial charge in [0.25, 0.3) is 10.0 Å². The summed E-state index contributed by atoms with van der Waals surface area (Å²) in [7, 11) is -8.27. The smallest absolute Gasteiger partial charge is 0.338 e. The first-order valence-electron chi connectivity index (χ1n) is 12.0. The van der Waals surface area contributed by atoms with Gasteiger partial charge in [-0.3, -0.25) is 9.10 Å². The van der Waals surface area contributed by atoms with Crippen LogP contribution in [0.15, 0.2) is 82.6 Å². The maximum Gasteiger partial charge on any atom is 0.417 e. The minimum Gasteiger partial charge on any atom is -0.338 e. The van der Waals surface area contributed by atoms with Gasteiger partial charge in [0, 0.05) is 26.2 Å². The van der Waals surface area contributed by atoms with Gasteiger partial charge in [0.2, 0.25) is 15.9 Å². The molecule has 0 saturated carbocycles. The van der Waals surface area contributed by atoms with Gasteiger partial charge >= 0.3 is 6.18 Å². The fourth-order valence-electron chi connectivity index (χ4n) is 4.18. The fourth-order valence-corrected chi connectivity index (χ4v) is 7.25. The molecule has 0 radical (unpaired) electrons. The number of carbonyl (C=O) groups excluding carboxylic acids is 1. The number of rotatable bonds is 7. The SMILES string of the molecule is Cc1ccc(S(=O)(=O)N2CCN(C(=O)CN(c3ccc(Cl)c(C(F)(F)F)c3)S(=O)(=O)c3ccccc3)CC2)cc1. The van der Waals surface area contributed by atoms with Crippen molar-refractivity contribution in [3.05, 3.63) is 88.9 Å². The van der Waals surface area contributed by atoms with E-state index >= 15 is 0 Å². The third-order valence-corrected chi connectivity index (χ3v) is 10.4. The van der Waals surface area contributed by atoms with E-state index in [1.807, 2.05) is 6.92 Å². The molecule has 0 aliphatic carbocycles. The van der Waals surface area contributed by atoms with Crippen molar-refractivity contribution >= 4 is 43.2 Å². The molecule has 1 amide bonds. The van der Waals surface area contributed by atoms with Gasteiger partial charge in [-0.25, -0.2) is 16.8 Å². The summed E-state index contributed by atoms with van der Waals surface area (Å²) in [6, 6.07) is 15.9. The number of hydrogen-bond donors (Lipinski definition) is 0. The molecule has 1 heterocycles. The minimum atomic E-state index is -4.86. The summed E-state index contributed by atoms with van der Waals surface area (Å²) in [5.41, 5.74) is -0.746. The van der Waals surface area contributed by atoms with Crippen molar-refractivity contribution in [2.45, 2.75) is 22.9 Å². The number of sulfonamides is 2. The maximum atomic E-state index is 13.6. The topological polar surface area (TPSA) is 95.1 Å². The number of alkyl halides is 3. The number of halogens is 4. The highest BCUT2D eigenvalue weighted by atomic mass is 35.5. The molecule has 1 fully saturated rings. The molecular formula is C26H25ClF3N3O5S2. The highest BCUT2D eigenvalue weighted by Crippen LogP contribution is 2.38. The van der Waals surface area contributed by atoms with E-state index in [0.717, 1.165) is 17.7 Å². The van der Waals surface area contributed by atoms with Crippen molar-refractivity contribution in [3.63, 3.8) is 0 Å². The predicted octanol–water partition coefficient (Wildman–Crippen LogP) is 4.40. The zero-order valence-corrected chi connectivity index (χ0v) is 23.6. The highest BCUT2D eigenvalue weighted by Gasteiger charge is 2.37. The Morgan fingerprint density at radius 3 is 2.05 bits per heavy atom. The zero-order chi connectivity index (χ0) is 29.3. The molecule has 4 rings (SSSR count). The summed E-state index contributed by atoms with van der Waals surface area (Å²) < 4.78 is 95.5. The van der Waals surface area contributed by atoms with E-state index < -0.39 is 54.9 Å². The lowest BCUT2D eigenvalue weighted by atomic mass is 10.2. The van der Waals surface area contributed by atoms with Crippen LogP contribution in [-0.4, -0.2) is 64.7 Å². The molecule has 214 valence electrons. The quantitative estimate of drug-likeness (QED) is 0.393. The normalized spacial score (nSPS) is 15.2. The number of anilines is 1. The number of hydrogen-bond acceptors (Lipinski definition) is 5. The summed E-state index contributed by atoms with van der Waals surface area (Å²) in [4.78, 5) is 14.5. The van der Waals surface area contributed by atoms with Crippen LogP contribution in [-0.2, 0) is 31.0 Å².